The molecule has 1 aliphatic heterocycles. The Morgan fingerprint density at radius 1 is 1.25 bits per heavy atom. The van der Waals surface area contributed by atoms with Gasteiger partial charge in [0.15, 0.2) is 6.10 Å². The summed E-state index contributed by atoms with van der Waals surface area (Å²) in [7, 11) is 0. The molecule has 0 N–H and O–H groups in total. The Hall–Kier alpha value is -1.92. The predicted molar refractivity (Wildman–Crippen MR) is 95.2 cm³/mol. The molecule has 2 aromatic rings. The third-order valence-corrected chi connectivity index (χ3v) is 5.03. The van der Waals surface area contributed by atoms with Crippen molar-refractivity contribution >= 4 is 17.2 Å². The van der Waals surface area contributed by atoms with Crippen molar-refractivity contribution in [3.05, 3.63) is 46.4 Å². The number of ether oxygens (including phenoxy) is 1. The Bertz CT molecular complexity index is 666. The third kappa shape index (κ3) is 4.33. The molecule has 1 unspecified atom stereocenters. The molecule has 0 aliphatic carbocycles. The summed E-state index contributed by atoms with van der Waals surface area (Å²) < 4.78 is 5.74. The topological polar surface area (TPSA) is 45.7 Å². The molecule has 0 radical (unpaired) electrons. The smallest absolute Gasteiger partial charge is 0.263 e. The number of para-hydroxylation sites is 1. The van der Waals surface area contributed by atoms with Crippen LogP contribution in [0.4, 0.5) is 0 Å². The van der Waals surface area contributed by atoms with Crippen LogP contribution < -0.4 is 4.74 Å². The maximum absolute atomic E-state index is 12.5. The summed E-state index contributed by atoms with van der Waals surface area (Å²) >= 11 is 1.74. The van der Waals surface area contributed by atoms with Crippen LogP contribution >= 0.6 is 11.3 Å². The van der Waals surface area contributed by atoms with Crippen molar-refractivity contribution in [1.29, 1.82) is 0 Å². The number of piperazine rings is 1. The third-order valence-electron chi connectivity index (χ3n) is 4.14. The number of rotatable bonds is 5. The minimum Gasteiger partial charge on any atom is -0.481 e. The molecule has 128 valence electrons. The fraction of sp³-hybridized carbons (Fsp3) is 0.444. The van der Waals surface area contributed by atoms with Crippen LogP contribution in [0.2, 0.25) is 0 Å². The summed E-state index contributed by atoms with van der Waals surface area (Å²) in [5, 5.41) is 1.10. The Labute approximate surface area is 146 Å². The van der Waals surface area contributed by atoms with Crippen LogP contribution in [0.5, 0.6) is 5.75 Å². The molecular formula is C18H23N3O2S. The highest BCUT2D eigenvalue weighted by atomic mass is 32.1. The average Bonchev–Trinajstić information content (AvgIpc) is 3.00. The van der Waals surface area contributed by atoms with Crippen molar-refractivity contribution in [2.45, 2.75) is 26.5 Å². The van der Waals surface area contributed by atoms with Crippen molar-refractivity contribution in [2.24, 2.45) is 0 Å². The standard InChI is InChI=1S/C18H23N3O2S/c1-14(23-16-6-4-3-5-7-16)18(22)21-10-8-20(9-11-21)13-17-12-19-15(2)24-17/h3-7,12,14H,8-11,13H2,1-2H3. The quantitative estimate of drug-likeness (QED) is 0.835. The number of hydrogen-bond donors (Lipinski definition) is 0. The van der Waals surface area contributed by atoms with Gasteiger partial charge in [-0.05, 0) is 26.0 Å². The number of aromatic nitrogens is 1. The first-order chi connectivity index (χ1) is 11.6. The van der Waals surface area contributed by atoms with Crippen molar-refractivity contribution in [3.63, 3.8) is 0 Å². The van der Waals surface area contributed by atoms with Crippen LogP contribution in [0.3, 0.4) is 0 Å². The van der Waals surface area contributed by atoms with Gasteiger partial charge in [0.05, 0.1) is 5.01 Å². The summed E-state index contributed by atoms with van der Waals surface area (Å²) in [4.78, 5) is 22.4. The van der Waals surface area contributed by atoms with E-state index in [4.69, 9.17) is 4.74 Å². The number of aryl methyl sites for hydroxylation is 1. The molecule has 0 bridgehead atoms. The minimum absolute atomic E-state index is 0.0622. The van der Waals surface area contributed by atoms with E-state index in [0.717, 1.165) is 43.5 Å². The van der Waals surface area contributed by atoms with Gasteiger partial charge in [-0.3, -0.25) is 9.69 Å². The summed E-state index contributed by atoms with van der Waals surface area (Å²) in [5.41, 5.74) is 0. The van der Waals surface area contributed by atoms with Gasteiger partial charge in [-0.15, -0.1) is 11.3 Å². The zero-order chi connectivity index (χ0) is 16.9. The second kappa shape index (κ2) is 7.77. The van der Waals surface area contributed by atoms with Crippen LogP contribution in [0.1, 0.15) is 16.8 Å². The predicted octanol–water partition coefficient (Wildman–Crippen LogP) is 2.56. The van der Waals surface area contributed by atoms with Crippen molar-refractivity contribution in [3.8, 4) is 5.75 Å². The van der Waals surface area contributed by atoms with Gasteiger partial charge in [0.25, 0.3) is 5.91 Å². The van der Waals surface area contributed by atoms with Gasteiger partial charge in [-0.1, -0.05) is 18.2 Å². The van der Waals surface area contributed by atoms with Crippen LogP contribution in [0.15, 0.2) is 36.5 Å². The molecule has 0 spiro atoms. The monoisotopic (exact) mass is 345 g/mol. The van der Waals surface area contributed by atoms with E-state index >= 15 is 0 Å². The molecule has 1 aromatic heterocycles. The van der Waals surface area contributed by atoms with E-state index in [1.165, 1.54) is 4.88 Å². The van der Waals surface area contributed by atoms with Crippen LogP contribution in [-0.2, 0) is 11.3 Å². The number of thiazole rings is 1. The van der Waals surface area contributed by atoms with Gasteiger partial charge < -0.3 is 9.64 Å². The number of amides is 1. The largest absolute Gasteiger partial charge is 0.481 e. The Kier molecular flexibility index (Phi) is 5.48. The van der Waals surface area contributed by atoms with E-state index in [1.54, 1.807) is 11.3 Å². The van der Waals surface area contributed by atoms with Gasteiger partial charge in [0.2, 0.25) is 0 Å². The number of hydrogen-bond acceptors (Lipinski definition) is 5. The number of nitrogens with zero attached hydrogens (tertiary/aromatic N) is 3. The lowest BCUT2D eigenvalue weighted by atomic mass is 10.2. The molecular weight excluding hydrogens is 322 g/mol. The van der Waals surface area contributed by atoms with E-state index < -0.39 is 6.10 Å². The molecule has 2 heterocycles. The number of benzene rings is 1. The van der Waals surface area contributed by atoms with Gasteiger partial charge in [-0.2, -0.15) is 0 Å². The molecule has 1 aliphatic rings. The van der Waals surface area contributed by atoms with E-state index in [-0.39, 0.29) is 5.91 Å². The fourth-order valence-corrected chi connectivity index (χ4v) is 3.67. The first kappa shape index (κ1) is 16.9. The van der Waals surface area contributed by atoms with Crippen molar-refractivity contribution in [1.82, 2.24) is 14.8 Å². The van der Waals surface area contributed by atoms with E-state index in [0.29, 0.717) is 0 Å². The second-order valence-electron chi connectivity index (χ2n) is 6.02. The van der Waals surface area contributed by atoms with Gasteiger partial charge >= 0.3 is 0 Å². The maximum Gasteiger partial charge on any atom is 0.263 e. The maximum atomic E-state index is 12.5. The molecule has 1 saturated heterocycles. The molecule has 0 saturated carbocycles. The zero-order valence-corrected chi connectivity index (χ0v) is 15.0. The SMILES string of the molecule is Cc1ncc(CN2CCN(C(=O)C(C)Oc3ccccc3)CC2)s1. The van der Waals surface area contributed by atoms with Gasteiger partial charge in [0.1, 0.15) is 5.75 Å². The summed E-state index contributed by atoms with van der Waals surface area (Å²) in [6.07, 6.45) is 1.50. The highest BCUT2D eigenvalue weighted by Crippen LogP contribution is 2.16. The lowest BCUT2D eigenvalue weighted by Gasteiger charge is -2.35. The molecule has 24 heavy (non-hydrogen) atoms. The first-order valence-corrected chi connectivity index (χ1v) is 9.07. The van der Waals surface area contributed by atoms with E-state index in [2.05, 4.69) is 9.88 Å². The molecule has 1 atom stereocenters. The van der Waals surface area contributed by atoms with Crippen LogP contribution in [0.25, 0.3) is 0 Å². The van der Waals surface area contributed by atoms with Gasteiger partial charge in [0, 0.05) is 43.8 Å². The van der Waals surface area contributed by atoms with E-state index in [9.17, 15) is 4.79 Å². The normalized spacial score (nSPS) is 16.8. The summed E-state index contributed by atoms with van der Waals surface area (Å²) in [6, 6.07) is 9.50. The molecule has 3 rings (SSSR count). The van der Waals surface area contributed by atoms with Crippen molar-refractivity contribution in [2.75, 3.05) is 26.2 Å². The lowest BCUT2D eigenvalue weighted by Crippen LogP contribution is -2.51. The van der Waals surface area contributed by atoms with Crippen LogP contribution in [-0.4, -0.2) is 53.0 Å². The number of carbonyl (C=O) groups excluding carboxylic acids is 1. The van der Waals surface area contributed by atoms with Crippen molar-refractivity contribution < 1.29 is 9.53 Å². The van der Waals surface area contributed by atoms with Gasteiger partial charge in [-0.25, -0.2) is 4.98 Å². The lowest BCUT2D eigenvalue weighted by molar-refractivity contribution is -0.139. The second-order valence-corrected chi connectivity index (χ2v) is 7.34. The Morgan fingerprint density at radius 3 is 2.58 bits per heavy atom. The molecule has 1 fully saturated rings. The Morgan fingerprint density at radius 2 is 1.96 bits per heavy atom. The molecule has 1 aromatic carbocycles. The Balaban J connectivity index is 1.47. The molecule has 5 nitrogen and oxygen atoms in total. The zero-order valence-electron chi connectivity index (χ0n) is 14.1. The average molecular weight is 345 g/mol. The molecule has 6 heteroatoms. The van der Waals surface area contributed by atoms with E-state index in [1.807, 2.05) is 55.3 Å². The highest BCUT2D eigenvalue weighted by molar-refractivity contribution is 7.11. The molecule has 1 amide bonds. The van der Waals surface area contributed by atoms with Crippen LogP contribution in [0, 0.1) is 6.92 Å². The minimum atomic E-state index is -0.455. The fourth-order valence-electron chi connectivity index (χ4n) is 2.84. The summed E-state index contributed by atoms with van der Waals surface area (Å²) in [6.45, 7) is 8.05. The summed E-state index contributed by atoms with van der Waals surface area (Å²) in [5.74, 6) is 0.796. The number of carbonyl (C=O) groups is 1. The first-order valence-electron chi connectivity index (χ1n) is 8.26. The highest BCUT2D eigenvalue weighted by Gasteiger charge is 2.26.